The van der Waals surface area contributed by atoms with Crippen LogP contribution in [0.1, 0.15) is 36.1 Å². The van der Waals surface area contributed by atoms with Crippen LogP contribution in [0.25, 0.3) is 0 Å². The Bertz CT molecular complexity index is 1040. The Kier molecular flexibility index (Phi) is 6.55. The molecule has 0 aromatic heterocycles. The molecule has 1 heterocycles. The monoisotopic (exact) mass is 432 g/mol. The van der Waals surface area contributed by atoms with Gasteiger partial charge in [0.2, 0.25) is 15.9 Å². The highest BCUT2D eigenvalue weighted by atomic mass is 32.2. The molecule has 1 aliphatic rings. The lowest BCUT2D eigenvalue weighted by Crippen LogP contribution is -2.41. The SMILES string of the molecule is CCC(NC(=O)CN(c1ccc2c(c1)OCCO2)S(C)(=O)=O)c1ccc(C)c(C)c1. The van der Waals surface area contributed by atoms with Crippen molar-refractivity contribution in [2.24, 2.45) is 0 Å². The number of hydrogen-bond donors (Lipinski definition) is 1. The molecular formula is C22H28N2O5S. The van der Waals surface area contributed by atoms with Crippen molar-refractivity contribution in [3.8, 4) is 11.5 Å². The molecule has 1 unspecified atom stereocenters. The van der Waals surface area contributed by atoms with Gasteiger partial charge in [-0.2, -0.15) is 0 Å². The Morgan fingerprint density at radius 3 is 2.40 bits per heavy atom. The van der Waals surface area contributed by atoms with Gasteiger partial charge in [0.1, 0.15) is 19.8 Å². The maximum Gasteiger partial charge on any atom is 0.241 e. The van der Waals surface area contributed by atoms with Crippen molar-refractivity contribution in [1.29, 1.82) is 0 Å². The zero-order valence-electron chi connectivity index (χ0n) is 17.8. The second-order valence-electron chi connectivity index (χ2n) is 7.47. The van der Waals surface area contributed by atoms with Crippen LogP contribution in [0.4, 0.5) is 5.69 Å². The van der Waals surface area contributed by atoms with E-state index in [1.807, 2.05) is 32.9 Å². The number of hydrogen-bond acceptors (Lipinski definition) is 5. The van der Waals surface area contributed by atoms with Crippen LogP contribution < -0.4 is 19.1 Å². The van der Waals surface area contributed by atoms with Gasteiger partial charge in [0.05, 0.1) is 18.0 Å². The Labute approximate surface area is 178 Å². The largest absolute Gasteiger partial charge is 0.486 e. The van der Waals surface area contributed by atoms with E-state index in [1.165, 1.54) is 5.56 Å². The van der Waals surface area contributed by atoms with Gasteiger partial charge in [-0.15, -0.1) is 0 Å². The Hall–Kier alpha value is -2.74. The highest BCUT2D eigenvalue weighted by Gasteiger charge is 2.24. The Morgan fingerprint density at radius 1 is 1.07 bits per heavy atom. The molecule has 0 fully saturated rings. The standard InChI is InChI=1S/C22H28N2O5S/c1-5-19(17-7-6-15(2)16(3)12-17)23-22(25)14-24(30(4,26)27)18-8-9-20-21(13-18)29-11-10-28-20/h6-9,12-13,19H,5,10-11,14H2,1-4H3,(H,23,25). The summed E-state index contributed by atoms with van der Waals surface area (Å²) in [4.78, 5) is 12.8. The number of anilines is 1. The van der Waals surface area contributed by atoms with Gasteiger partial charge >= 0.3 is 0 Å². The summed E-state index contributed by atoms with van der Waals surface area (Å²) in [6.45, 7) is 6.57. The first-order valence-corrected chi connectivity index (χ1v) is 11.8. The van der Waals surface area contributed by atoms with Crippen molar-refractivity contribution in [1.82, 2.24) is 5.32 Å². The highest BCUT2D eigenvalue weighted by Crippen LogP contribution is 2.34. The van der Waals surface area contributed by atoms with Gasteiger partial charge < -0.3 is 14.8 Å². The predicted octanol–water partition coefficient (Wildman–Crippen LogP) is 3.11. The number of nitrogens with zero attached hydrogens (tertiary/aromatic N) is 1. The Balaban J connectivity index is 1.79. The van der Waals surface area contributed by atoms with Crippen molar-refractivity contribution < 1.29 is 22.7 Å². The molecule has 1 amide bonds. The molecule has 1 atom stereocenters. The molecule has 0 saturated heterocycles. The maximum atomic E-state index is 12.8. The molecule has 1 N–H and O–H groups in total. The fraction of sp³-hybridized carbons (Fsp3) is 0.409. The minimum Gasteiger partial charge on any atom is -0.486 e. The predicted molar refractivity (Wildman–Crippen MR) is 117 cm³/mol. The molecule has 7 nitrogen and oxygen atoms in total. The summed E-state index contributed by atoms with van der Waals surface area (Å²) < 4.78 is 36.9. The molecular weight excluding hydrogens is 404 g/mol. The van der Waals surface area contributed by atoms with Gasteiger partial charge in [-0.25, -0.2) is 8.42 Å². The topological polar surface area (TPSA) is 84.9 Å². The van der Waals surface area contributed by atoms with Crippen molar-refractivity contribution in [2.75, 3.05) is 30.3 Å². The van der Waals surface area contributed by atoms with E-state index >= 15 is 0 Å². The van der Waals surface area contributed by atoms with E-state index in [9.17, 15) is 13.2 Å². The second-order valence-corrected chi connectivity index (χ2v) is 9.38. The highest BCUT2D eigenvalue weighted by molar-refractivity contribution is 7.92. The molecule has 0 spiro atoms. The zero-order valence-corrected chi connectivity index (χ0v) is 18.6. The molecule has 30 heavy (non-hydrogen) atoms. The number of benzene rings is 2. The maximum absolute atomic E-state index is 12.8. The third kappa shape index (κ3) is 5.05. The molecule has 1 aliphatic heterocycles. The number of carbonyl (C=O) groups is 1. The number of amides is 1. The van der Waals surface area contributed by atoms with Crippen LogP contribution in [0.15, 0.2) is 36.4 Å². The molecule has 0 saturated carbocycles. The van der Waals surface area contributed by atoms with Gasteiger partial charge in [-0.05, 0) is 49.1 Å². The van der Waals surface area contributed by atoms with Crippen LogP contribution >= 0.6 is 0 Å². The van der Waals surface area contributed by atoms with E-state index in [-0.39, 0.29) is 18.5 Å². The normalized spacial score (nSPS) is 14.1. The molecule has 162 valence electrons. The first kappa shape index (κ1) is 22.0. The smallest absolute Gasteiger partial charge is 0.241 e. The van der Waals surface area contributed by atoms with Crippen LogP contribution in [0.5, 0.6) is 11.5 Å². The van der Waals surface area contributed by atoms with Gasteiger partial charge in [-0.1, -0.05) is 25.1 Å². The summed E-state index contributed by atoms with van der Waals surface area (Å²) in [7, 11) is -3.68. The van der Waals surface area contributed by atoms with Crippen molar-refractivity contribution in [3.05, 3.63) is 53.1 Å². The van der Waals surface area contributed by atoms with Crippen molar-refractivity contribution in [2.45, 2.75) is 33.2 Å². The molecule has 3 rings (SSSR count). The number of ether oxygens (including phenoxy) is 2. The summed E-state index contributed by atoms with van der Waals surface area (Å²) in [5.41, 5.74) is 3.69. The summed E-state index contributed by atoms with van der Waals surface area (Å²) in [5, 5.41) is 2.96. The number of aryl methyl sites for hydroxylation is 2. The zero-order chi connectivity index (χ0) is 21.9. The van der Waals surface area contributed by atoms with E-state index in [1.54, 1.807) is 18.2 Å². The summed E-state index contributed by atoms with van der Waals surface area (Å²) in [6, 6.07) is 10.7. The van der Waals surface area contributed by atoms with E-state index in [0.717, 1.165) is 21.7 Å². The number of rotatable bonds is 7. The van der Waals surface area contributed by atoms with E-state index in [0.29, 0.717) is 36.8 Å². The number of sulfonamides is 1. The summed E-state index contributed by atoms with van der Waals surface area (Å²) in [5.74, 6) is 0.651. The third-order valence-electron chi connectivity index (χ3n) is 5.18. The second kappa shape index (κ2) is 8.95. The quantitative estimate of drug-likeness (QED) is 0.727. The first-order chi connectivity index (χ1) is 14.2. The fourth-order valence-electron chi connectivity index (χ4n) is 3.36. The number of carbonyl (C=O) groups excluding carboxylic acids is 1. The summed E-state index contributed by atoms with van der Waals surface area (Å²) >= 11 is 0. The van der Waals surface area contributed by atoms with E-state index in [2.05, 4.69) is 11.4 Å². The van der Waals surface area contributed by atoms with Gasteiger partial charge in [0.15, 0.2) is 11.5 Å². The average molecular weight is 433 g/mol. The molecule has 0 radical (unpaired) electrons. The van der Waals surface area contributed by atoms with Crippen LogP contribution in [-0.4, -0.2) is 40.3 Å². The van der Waals surface area contributed by atoms with Crippen molar-refractivity contribution in [3.63, 3.8) is 0 Å². The van der Waals surface area contributed by atoms with Crippen LogP contribution in [0.2, 0.25) is 0 Å². The van der Waals surface area contributed by atoms with Crippen molar-refractivity contribution >= 4 is 21.6 Å². The Morgan fingerprint density at radius 2 is 1.77 bits per heavy atom. The van der Waals surface area contributed by atoms with Gasteiger partial charge in [0.25, 0.3) is 0 Å². The molecule has 2 aromatic carbocycles. The summed E-state index contributed by atoms with van der Waals surface area (Å²) in [6.07, 6.45) is 1.77. The minimum atomic E-state index is -3.68. The first-order valence-electron chi connectivity index (χ1n) is 9.93. The van der Waals surface area contributed by atoms with E-state index < -0.39 is 10.0 Å². The van der Waals surface area contributed by atoms with Crippen LogP contribution in [0.3, 0.4) is 0 Å². The molecule has 2 aromatic rings. The van der Waals surface area contributed by atoms with Gasteiger partial charge in [0, 0.05) is 6.07 Å². The lowest BCUT2D eigenvalue weighted by atomic mass is 9.99. The molecule has 0 bridgehead atoms. The molecule has 8 heteroatoms. The van der Waals surface area contributed by atoms with Gasteiger partial charge in [-0.3, -0.25) is 9.10 Å². The lowest BCUT2D eigenvalue weighted by molar-refractivity contribution is -0.120. The molecule has 0 aliphatic carbocycles. The average Bonchev–Trinajstić information content (AvgIpc) is 2.71. The minimum absolute atomic E-state index is 0.196. The number of nitrogens with one attached hydrogen (secondary N) is 1. The van der Waals surface area contributed by atoms with E-state index in [4.69, 9.17) is 9.47 Å². The fourth-order valence-corrected chi connectivity index (χ4v) is 4.21. The number of fused-ring (bicyclic) bond motifs is 1. The van der Waals surface area contributed by atoms with Crippen LogP contribution in [0, 0.1) is 13.8 Å². The third-order valence-corrected chi connectivity index (χ3v) is 6.32. The lowest BCUT2D eigenvalue weighted by Gasteiger charge is -2.26. The van der Waals surface area contributed by atoms with Crippen LogP contribution in [-0.2, 0) is 14.8 Å².